The van der Waals surface area contributed by atoms with E-state index >= 15 is 0 Å². The van der Waals surface area contributed by atoms with Crippen LogP contribution in [0.2, 0.25) is 0 Å². The van der Waals surface area contributed by atoms with Gasteiger partial charge in [-0.05, 0) is 17.7 Å². The van der Waals surface area contributed by atoms with Crippen molar-refractivity contribution in [1.82, 2.24) is 4.57 Å². The Morgan fingerprint density at radius 2 is 1.79 bits per heavy atom. The van der Waals surface area contributed by atoms with E-state index in [4.69, 9.17) is 5.41 Å². The maximum absolute atomic E-state index is 10.2. The predicted molar refractivity (Wildman–Crippen MR) is 71.1 cm³/mol. The highest BCUT2D eigenvalue weighted by Gasteiger charge is 2.20. The zero-order valence-electron chi connectivity index (χ0n) is 10.4. The van der Waals surface area contributed by atoms with Crippen molar-refractivity contribution < 1.29 is 5.11 Å². The lowest BCUT2D eigenvalue weighted by Crippen LogP contribution is -2.23. The molecule has 0 spiro atoms. The van der Waals surface area contributed by atoms with Gasteiger partial charge in [0, 0.05) is 18.9 Å². The first kappa shape index (κ1) is 13.1. The maximum Gasteiger partial charge on any atom is 0.0989 e. The van der Waals surface area contributed by atoms with Gasteiger partial charge in [0.2, 0.25) is 0 Å². The van der Waals surface area contributed by atoms with E-state index in [1.807, 2.05) is 30.3 Å². The van der Waals surface area contributed by atoms with Gasteiger partial charge in [-0.1, -0.05) is 30.3 Å². The molecule has 4 heteroatoms. The van der Waals surface area contributed by atoms with Crippen molar-refractivity contribution in [2.24, 2.45) is 0 Å². The minimum absolute atomic E-state index is 0.327. The number of aromatic nitrogens is 1. The fourth-order valence-electron chi connectivity index (χ4n) is 1.94. The van der Waals surface area contributed by atoms with E-state index in [0.717, 1.165) is 5.56 Å². The first-order chi connectivity index (χ1) is 9.20. The van der Waals surface area contributed by atoms with Crippen molar-refractivity contribution in [1.29, 1.82) is 10.7 Å². The molecule has 1 aromatic heterocycles. The molecule has 0 saturated heterocycles. The van der Waals surface area contributed by atoms with Crippen LogP contribution in [0.5, 0.6) is 0 Å². The highest BCUT2D eigenvalue weighted by Crippen LogP contribution is 2.19. The monoisotopic (exact) mass is 253 g/mol. The Morgan fingerprint density at radius 3 is 2.37 bits per heavy atom. The molecular weight excluding hydrogens is 238 g/mol. The summed E-state index contributed by atoms with van der Waals surface area (Å²) in [6, 6.07) is 14.7. The highest BCUT2D eigenvalue weighted by atomic mass is 16.3. The second-order valence-corrected chi connectivity index (χ2v) is 4.37. The smallest absolute Gasteiger partial charge is 0.0989 e. The van der Waals surface area contributed by atoms with Gasteiger partial charge < -0.3 is 15.1 Å². The van der Waals surface area contributed by atoms with Gasteiger partial charge in [0.1, 0.15) is 0 Å². The molecule has 0 fully saturated rings. The molecule has 19 heavy (non-hydrogen) atoms. The topological polar surface area (TPSA) is 72.8 Å². The van der Waals surface area contributed by atoms with E-state index in [1.54, 1.807) is 29.1 Å². The summed E-state index contributed by atoms with van der Waals surface area (Å²) in [6.45, 7) is 0.327. The standard InChI is InChI=1S/C15H15N3O/c16-10-14(12-4-2-1-3-5-12)15(19)11-18-8-6-13(17)7-9-18/h1-9,14-15,17,19H,11H2/t14-,15-/m0/s1. The molecule has 2 N–H and O–H groups in total. The summed E-state index contributed by atoms with van der Waals surface area (Å²) >= 11 is 0. The lowest BCUT2D eigenvalue weighted by Gasteiger charge is -2.18. The van der Waals surface area contributed by atoms with Crippen LogP contribution in [0.1, 0.15) is 11.5 Å². The molecule has 1 heterocycles. The van der Waals surface area contributed by atoms with Gasteiger partial charge >= 0.3 is 0 Å². The molecule has 0 saturated carbocycles. The van der Waals surface area contributed by atoms with Crippen LogP contribution in [0.25, 0.3) is 0 Å². The number of rotatable bonds is 4. The molecule has 1 aromatic carbocycles. The van der Waals surface area contributed by atoms with E-state index in [0.29, 0.717) is 11.9 Å². The van der Waals surface area contributed by atoms with Crippen LogP contribution in [0.3, 0.4) is 0 Å². The van der Waals surface area contributed by atoms with Crippen LogP contribution < -0.4 is 5.36 Å². The van der Waals surface area contributed by atoms with Crippen LogP contribution in [-0.2, 0) is 6.54 Å². The molecule has 2 atom stereocenters. The molecular formula is C15H15N3O. The van der Waals surface area contributed by atoms with E-state index in [2.05, 4.69) is 6.07 Å². The van der Waals surface area contributed by atoms with Gasteiger partial charge in [0.15, 0.2) is 0 Å². The summed E-state index contributed by atoms with van der Waals surface area (Å²) in [6.07, 6.45) is 2.67. The predicted octanol–water partition coefficient (Wildman–Crippen LogP) is 1.64. The summed E-state index contributed by atoms with van der Waals surface area (Å²) in [4.78, 5) is 0. The Morgan fingerprint density at radius 1 is 1.16 bits per heavy atom. The Bertz CT molecular complexity index is 607. The third-order valence-corrected chi connectivity index (χ3v) is 2.97. The van der Waals surface area contributed by atoms with Gasteiger partial charge in [-0.2, -0.15) is 5.26 Å². The Labute approximate surface area is 111 Å². The van der Waals surface area contributed by atoms with Crippen LogP contribution >= 0.6 is 0 Å². The van der Waals surface area contributed by atoms with E-state index in [9.17, 15) is 10.4 Å². The first-order valence-corrected chi connectivity index (χ1v) is 6.04. The number of pyridine rings is 1. The molecule has 0 aliphatic heterocycles. The van der Waals surface area contributed by atoms with Crippen LogP contribution in [-0.4, -0.2) is 15.8 Å². The average molecular weight is 253 g/mol. The zero-order valence-corrected chi connectivity index (χ0v) is 10.4. The second kappa shape index (κ2) is 5.98. The Balaban J connectivity index is 2.14. The van der Waals surface area contributed by atoms with Crippen LogP contribution in [0.15, 0.2) is 54.9 Å². The van der Waals surface area contributed by atoms with Crippen molar-refractivity contribution in [3.63, 3.8) is 0 Å². The molecule has 2 aromatic rings. The third-order valence-electron chi connectivity index (χ3n) is 2.97. The van der Waals surface area contributed by atoms with Gasteiger partial charge in [-0.25, -0.2) is 0 Å². The summed E-state index contributed by atoms with van der Waals surface area (Å²) in [5, 5.41) is 27.2. The van der Waals surface area contributed by atoms with Crippen molar-refractivity contribution in [3.8, 4) is 6.07 Å². The average Bonchev–Trinajstić information content (AvgIpc) is 2.43. The van der Waals surface area contributed by atoms with E-state index < -0.39 is 12.0 Å². The molecule has 2 rings (SSSR count). The summed E-state index contributed by atoms with van der Waals surface area (Å²) in [5.41, 5.74) is 0.815. The van der Waals surface area contributed by atoms with Crippen LogP contribution in [0.4, 0.5) is 0 Å². The van der Waals surface area contributed by atoms with Gasteiger partial charge in [0.05, 0.1) is 23.4 Å². The minimum Gasteiger partial charge on any atom is -0.390 e. The first-order valence-electron chi connectivity index (χ1n) is 6.04. The Hall–Kier alpha value is -2.38. The lowest BCUT2D eigenvalue weighted by atomic mass is 9.95. The fourth-order valence-corrected chi connectivity index (χ4v) is 1.94. The van der Waals surface area contributed by atoms with Crippen molar-refractivity contribution in [2.75, 3.05) is 0 Å². The Kier molecular flexibility index (Phi) is 4.11. The molecule has 0 unspecified atom stereocenters. The van der Waals surface area contributed by atoms with E-state index in [-0.39, 0.29) is 0 Å². The SMILES string of the molecule is N#C[C@@H](c1ccccc1)[C@@H](O)Cn1ccc(=N)cc1. The zero-order chi connectivity index (χ0) is 13.7. The molecule has 4 nitrogen and oxygen atoms in total. The van der Waals surface area contributed by atoms with Crippen molar-refractivity contribution in [2.45, 2.75) is 18.6 Å². The summed E-state index contributed by atoms with van der Waals surface area (Å²) in [5.74, 6) is -0.552. The van der Waals surface area contributed by atoms with Crippen molar-refractivity contribution in [3.05, 3.63) is 65.8 Å². The molecule has 0 aliphatic carbocycles. The second-order valence-electron chi connectivity index (χ2n) is 4.37. The van der Waals surface area contributed by atoms with Gasteiger partial charge in [-0.15, -0.1) is 0 Å². The molecule has 0 bridgehead atoms. The number of aliphatic hydroxyl groups is 1. The minimum atomic E-state index is -0.783. The quantitative estimate of drug-likeness (QED) is 0.869. The lowest BCUT2D eigenvalue weighted by molar-refractivity contribution is 0.141. The normalized spacial score (nSPS) is 13.5. The highest BCUT2D eigenvalue weighted by molar-refractivity contribution is 5.26. The molecule has 96 valence electrons. The number of benzene rings is 1. The summed E-state index contributed by atoms with van der Waals surface area (Å²) < 4.78 is 1.77. The van der Waals surface area contributed by atoms with E-state index in [1.165, 1.54) is 0 Å². The van der Waals surface area contributed by atoms with Crippen molar-refractivity contribution >= 4 is 0 Å². The summed E-state index contributed by atoms with van der Waals surface area (Å²) in [7, 11) is 0. The third kappa shape index (κ3) is 3.30. The maximum atomic E-state index is 10.2. The number of aliphatic hydroxyl groups excluding tert-OH is 1. The van der Waals surface area contributed by atoms with Gasteiger partial charge in [-0.3, -0.25) is 0 Å². The largest absolute Gasteiger partial charge is 0.390 e. The number of hydrogen-bond acceptors (Lipinski definition) is 3. The number of nitriles is 1. The fraction of sp³-hybridized carbons (Fsp3) is 0.200. The molecule has 0 aliphatic rings. The van der Waals surface area contributed by atoms with Crippen LogP contribution in [0, 0.1) is 16.7 Å². The molecule has 0 radical (unpaired) electrons. The number of nitrogens with one attached hydrogen (secondary N) is 1. The number of nitrogens with zero attached hydrogens (tertiary/aromatic N) is 2. The molecule has 0 amide bonds. The van der Waals surface area contributed by atoms with Gasteiger partial charge in [0.25, 0.3) is 0 Å². The number of hydrogen-bond donors (Lipinski definition) is 2.